The van der Waals surface area contributed by atoms with E-state index in [0.29, 0.717) is 0 Å². The van der Waals surface area contributed by atoms with Gasteiger partial charge in [-0.05, 0) is 19.1 Å². The molecular formula is C12H15F2N3O2. The first-order chi connectivity index (χ1) is 8.88. The minimum atomic E-state index is -0.923. The topological polar surface area (TPSA) is 78.9 Å². The van der Waals surface area contributed by atoms with Crippen LogP contribution in [0.4, 0.5) is 8.78 Å². The van der Waals surface area contributed by atoms with Gasteiger partial charge >= 0.3 is 0 Å². The van der Waals surface area contributed by atoms with Gasteiger partial charge in [-0.1, -0.05) is 11.2 Å². The molecule has 0 heterocycles. The van der Waals surface area contributed by atoms with Crippen LogP contribution in [-0.2, 0) is 0 Å². The highest BCUT2D eigenvalue weighted by molar-refractivity contribution is 5.95. The van der Waals surface area contributed by atoms with Crippen LogP contribution >= 0.6 is 0 Å². The van der Waals surface area contributed by atoms with Crippen LogP contribution in [0.5, 0.6) is 0 Å². The first-order valence-corrected chi connectivity index (χ1v) is 5.56. The minimum absolute atomic E-state index is 0.0684. The lowest BCUT2D eigenvalue weighted by Crippen LogP contribution is -2.38. The lowest BCUT2D eigenvalue weighted by Gasteiger charge is -2.24. The number of nitrogens with zero attached hydrogens (tertiary/aromatic N) is 2. The van der Waals surface area contributed by atoms with E-state index in [1.807, 2.05) is 0 Å². The largest absolute Gasteiger partial charge is 0.409 e. The fraction of sp³-hybridized carbons (Fsp3) is 0.333. The number of hydrogen-bond acceptors (Lipinski definition) is 3. The number of carbonyl (C=O) groups excluding carboxylic acids is 1. The van der Waals surface area contributed by atoms with Crippen molar-refractivity contribution in [1.29, 1.82) is 0 Å². The van der Waals surface area contributed by atoms with E-state index in [2.05, 4.69) is 5.16 Å². The highest BCUT2D eigenvalue weighted by Gasteiger charge is 2.24. The van der Waals surface area contributed by atoms with E-state index < -0.39 is 29.1 Å². The lowest BCUT2D eigenvalue weighted by molar-refractivity contribution is 0.0737. The normalized spacial score (nSPS) is 13.2. The van der Waals surface area contributed by atoms with Crippen LogP contribution in [0.2, 0.25) is 0 Å². The van der Waals surface area contributed by atoms with Gasteiger partial charge in [-0.3, -0.25) is 4.79 Å². The maximum atomic E-state index is 13.5. The fourth-order valence-electron chi connectivity index (χ4n) is 1.56. The van der Waals surface area contributed by atoms with Gasteiger partial charge in [0.2, 0.25) is 0 Å². The highest BCUT2D eigenvalue weighted by Crippen LogP contribution is 2.16. The third kappa shape index (κ3) is 3.40. The summed E-state index contributed by atoms with van der Waals surface area (Å²) in [5, 5.41) is 11.2. The molecule has 0 radical (unpaired) electrons. The average molecular weight is 271 g/mol. The number of rotatable bonds is 4. The van der Waals surface area contributed by atoms with E-state index in [-0.39, 0.29) is 12.3 Å². The van der Waals surface area contributed by atoms with E-state index in [9.17, 15) is 13.6 Å². The number of amides is 1. The molecule has 7 heteroatoms. The number of oxime groups is 1. The van der Waals surface area contributed by atoms with Crippen LogP contribution in [0, 0.1) is 11.6 Å². The number of halogens is 2. The molecule has 19 heavy (non-hydrogen) atoms. The third-order valence-corrected chi connectivity index (χ3v) is 2.79. The smallest absolute Gasteiger partial charge is 0.259 e. The molecular weight excluding hydrogens is 256 g/mol. The van der Waals surface area contributed by atoms with Crippen molar-refractivity contribution in [3.05, 3.63) is 35.4 Å². The molecule has 0 fully saturated rings. The summed E-state index contributed by atoms with van der Waals surface area (Å²) in [4.78, 5) is 13.1. The van der Waals surface area contributed by atoms with Gasteiger partial charge < -0.3 is 15.8 Å². The first kappa shape index (κ1) is 14.9. The van der Waals surface area contributed by atoms with Crippen molar-refractivity contribution in [3.8, 4) is 0 Å². The molecule has 0 saturated heterocycles. The van der Waals surface area contributed by atoms with Crippen molar-refractivity contribution in [3.63, 3.8) is 0 Å². The van der Waals surface area contributed by atoms with Gasteiger partial charge in [0.05, 0.1) is 0 Å². The SMILES string of the molecule is CC(CC(N)=NO)N(C)C(=O)c1c(F)cccc1F. The average Bonchev–Trinajstić information content (AvgIpc) is 2.37. The summed E-state index contributed by atoms with van der Waals surface area (Å²) >= 11 is 0. The number of carbonyl (C=O) groups is 1. The summed E-state index contributed by atoms with van der Waals surface area (Å²) in [6, 6.07) is 2.74. The van der Waals surface area contributed by atoms with E-state index in [1.54, 1.807) is 6.92 Å². The van der Waals surface area contributed by atoms with Gasteiger partial charge in [-0.25, -0.2) is 8.78 Å². The molecule has 3 N–H and O–H groups in total. The van der Waals surface area contributed by atoms with Gasteiger partial charge in [0.25, 0.3) is 5.91 Å². The quantitative estimate of drug-likeness (QED) is 0.377. The third-order valence-electron chi connectivity index (χ3n) is 2.79. The summed E-state index contributed by atoms with van der Waals surface area (Å²) in [5.41, 5.74) is 4.71. The van der Waals surface area contributed by atoms with Gasteiger partial charge in [0.15, 0.2) is 0 Å². The standard InChI is InChI=1S/C12H15F2N3O2/c1-7(6-10(15)16-19)17(2)12(18)11-8(13)4-3-5-9(11)14/h3-5,7,19H,6H2,1-2H3,(H2,15,16). The molecule has 1 rings (SSSR count). The van der Waals surface area contributed by atoms with Crippen molar-refractivity contribution in [2.45, 2.75) is 19.4 Å². The second kappa shape index (κ2) is 6.12. The van der Waals surface area contributed by atoms with Crippen LogP contribution in [0.15, 0.2) is 23.4 Å². The molecule has 5 nitrogen and oxygen atoms in total. The van der Waals surface area contributed by atoms with Crippen LogP contribution in [0.25, 0.3) is 0 Å². The van der Waals surface area contributed by atoms with E-state index in [0.717, 1.165) is 17.0 Å². The highest BCUT2D eigenvalue weighted by atomic mass is 19.1. The summed E-state index contributed by atoms with van der Waals surface area (Å²) in [6.45, 7) is 1.62. The van der Waals surface area contributed by atoms with Crippen LogP contribution in [0.1, 0.15) is 23.7 Å². The summed E-state index contributed by atoms with van der Waals surface area (Å²) < 4.78 is 27.0. The van der Waals surface area contributed by atoms with Crippen molar-refractivity contribution in [1.82, 2.24) is 4.90 Å². The molecule has 104 valence electrons. The Kier molecular flexibility index (Phi) is 4.80. The Balaban J connectivity index is 2.94. The van der Waals surface area contributed by atoms with Gasteiger partial charge in [-0.2, -0.15) is 0 Å². The Hall–Kier alpha value is -2.18. The molecule has 0 aliphatic carbocycles. The zero-order valence-corrected chi connectivity index (χ0v) is 10.6. The molecule has 0 aliphatic heterocycles. The van der Waals surface area contributed by atoms with Gasteiger partial charge in [0, 0.05) is 19.5 Å². The fourth-order valence-corrected chi connectivity index (χ4v) is 1.56. The molecule has 0 aromatic heterocycles. The van der Waals surface area contributed by atoms with E-state index in [1.165, 1.54) is 13.1 Å². The Morgan fingerprint density at radius 1 is 1.47 bits per heavy atom. The van der Waals surface area contributed by atoms with Crippen molar-refractivity contribution < 1.29 is 18.8 Å². The van der Waals surface area contributed by atoms with Crippen molar-refractivity contribution in [2.75, 3.05) is 7.05 Å². The molecule has 0 bridgehead atoms. The number of amidine groups is 1. The molecule has 1 aromatic rings. The maximum absolute atomic E-state index is 13.5. The number of hydrogen-bond donors (Lipinski definition) is 2. The predicted octanol–water partition coefficient (Wildman–Crippen LogP) is 1.56. The Bertz CT molecular complexity index is 485. The summed E-state index contributed by atoms with van der Waals surface area (Å²) in [7, 11) is 1.39. The lowest BCUT2D eigenvalue weighted by atomic mass is 10.1. The molecule has 1 atom stereocenters. The van der Waals surface area contributed by atoms with Crippen molar-refractivity contribution >= 4 is 11.7 Å². The predicted molar refractivity (Wildman–Crippen MR) is 65.9 cm³/mol. The summed E-state index contributed by atoms with van der Waals surface area (Å²) in [5.74, 6) is -2.71. The Labute approximate surface area is 109 Å². The molecule has 0 saturated carbocycles. The molecule has 1 aromatic carbocycles. The second-order valence-electron chi connectivity index (χ2n) is 4.16. The Morgan fingerprint density at radius 3 is 2.47 bits per heavy atom. The van der Waals surface area contributed by atoms with Gasteiger partial charge in [-0.15, -0.1) is 0 Å². The number of benzene rings is 1. The second-order valence-corrected chi connectivity index (χ2v) is 4.16. The zero-order valence-electron chi connectivity index (χ0n) is 10.6. The molecule has 0 spiro atoms. The Morgan fingerprint density at radius 2 is 2.00 bits per heavy atom. The minimum Gasteiger partial charge on any atom is -0.409 e. The summed E-state index contributed by atoms with van der Waals surface area (Å²) in [6.07, 6.45) is 0.0921. The molecule has 0 aliphatic rings. The van der Waals surface area contributed by atoms with Crippen LogP contribution in [0.3, 0.4) is 0 Å². The zero-order chi connectivity index (χ0) is 14.6. The molecule has 1 unspecified atom stereocenters. The maximum Gasteiger partial charge on any atom is 0.259 e. The van der Waals surface area contributed by atoms with E-state index >= 15 is 0 Å². The monoisotopic (exact) mass is 271 g/mol. The van der Waals surface area contributed by atoms with E-state index in [4.69, 9.17) is 10.9 Å². The van der Waals surface area contributed by atoms with Crippen LogP contribution < -0.4 is 5.73 Å². The van der Waals surface area contributed by atoms with Gasteiger partial charge in [0.1, 0.15) is 23.0 Å². The van der Waals surface area contributed by atoms with Crippen molar-refractivity contribution in [2.24, 2.45) is 10.9 Å². The number of nitrogens with two attached hydrogens (primary N) is 1. The molecule has 1 amide bonds. The first-order valence-electron chi connectivity index (χ1n) is 5.56. The van der Waals surface area contributed by atoms with Crippen LogP contribution in [-0.4, -0.2) is 34.9 Å².